The average Bonchev–Trinajstić information content (AvgIpc) is 2.60. The molecular formula is C14H18BN3O5. The molecule has 1 aliphatic rings. The standard InChI is InChI=1S/C14H18BN3O5/c16-12-6-9(4-5-17-12)7-13(19)18-11-3-1-2-10(8-14(20)21)23-15(11)22/h1-2,4-6,10-11,22H,3,7-8H2,(H2,16,17)(H,18,19)(H,20,21)/t10-,11+/m1/s1. The van der Waals surface area contributed by atoms with Crippen molar-refractivity contribution >= 4 is 24.8 Å². The number of carbonyl (C=O) groups excluding carboxylic acids is 1. The molecule has 0 saturated heterocycles. The first kappa shape index (κ1) is 17.0. The summed E-state index contributed by atoms with van der Waals surface area (Å²) < 4.78 is 5.25. The van der Waals surface area contributed by atoms with Crippen LogP contribution in [0.2, 0.25) is 0 Å². The van der Waals surface area contributed by atoms with Crippen molar-refractivity contribution in [1.82, 2.24) is 10.3 Å². The van der Waals surface area contributed by atoms with Crippen molar-refractivity contribution in [3.63, 3.8) is 0 Å². The van der Waals surface area contributed by atoms with E-state index in [0.29, 0.717) is 17.8 Å². The minimum Gasteiger partial charge on any atom is -0.481 e. The van der Waals surface area contributed by atoms with E-state index in [9.17, 15) is 14.6 Å². The zero-order valence-corrected chi connectivity index (χ0v) is 12.4. The van der Waals surface area contributed by atoms with E-state index in [1.165, 1.54) is 6.20 Å². The van der Waals surface area contributed by atoms with E-state index in [1.54, 1.807) is 24.3 Å². The molecule has 0 bridgehead atoms. The summed E-state index contributed by atoms with van der Waals surface area (Å²) in [4.78, 5) is 26.6. The molecule has 0 saturated carbocycles. The quantitative estimate of drug-likeness (QED) is 0.425. The van der Waals surface area contributed by atoms with E-state index in [0.717, 1.165) is 0 Å². The van der Waals surface area contributed by atoms with Gasteiger partial charge in [0.1, 0.15) is 5.82 Å². The van der Waals surface area contributed by atoms with Crippen molar-refractivity contribution in [1.29, 1.82) is 0 Å². The number of aromatic nitrogens is 1. The van der Waals surface area contributed by atoms with Crippen LogP contribution in [-0.4, -0.2) is 46.2 Å². The Morgan fingerprint density at radius 3 is 3.00 bits per heavy atom. The Morgan fingerprint density at radius 2 is 2.30 bits per heavy atom. The van der Waals surface area contributed by atoms with Crippen molar-refractivity contribution < 1.29 is 24.4 Å². The number of nitrogen functional groups attached to an aromatic ring is 1. The van der Waals surface area contributed by atoms with Crippen molar-refractivity contribution in [2.45, 2.75) is 31.3 Å². The summed E-state index contributed by atoms with van der Waals surface area (Å²) in [6, 6.07) is 3.28. The number of nitrogens with two attached hydrogens (primary N) is 1. The molecule has 0 unspecified atom stereocenters. The van der Waals surface area contributed by atoms with Crippen molar-refractivity contribution in [2.75, 3.05) is 5.73 Å². The zero-order chi connectivity index (χ0) is 16.8. The second kappa shape index (κ2) is 7.75. The van der Waals surface area contributed by atoms with E-state index in [4.69, 9.17) is 15.5 Å². The minimum absolute atomic E-state index is 0.0954. The van der Waals surface area contributed by atoms with Gasteiger partial charge in [-0.15, -0.1) is 0 Å². The number of nitrogens with zero attached hydrogens (tertiary/aromatic N) is 1. The van der Waals surface area contributed by atoms with E-state index >= 15 is 0 Å². The summed E-state index contributed by atoms with van der Waals surface area (Å²) >= 11 is 0. The topological polar surface area (TPSA) is 135 Å². The maximum atomic E-state index is 12.1. The average molecular weight is 319 g/mol. The number of carbonyl (C=O) groups is 2. The number of hydrogen-bond donors (Lipinski definition) is 4. The highest BCUT2D eigenvalue weighted by molar-refractivity contribution is 6.45. The van der Waals surface area contributed by atoms with Gasteiger partial charge >= 0.3 is 13.1 Å². The van der Waals surface area contributed by atoms with E-state index in [-0.39, 0.29) is 18.7 Å². The Bertz CT molecular complexity index is 610. The smallest absolute Gasteiger partial charge is 0.478 e. The molecule has 0 aliphatic carbocycles. The second-order valence-electron chi connectivity index (χ2n) is 5.27. The Balaban J connectivity index is 1.90. The fraction of sp³-hybridized carbons (Fsp3) is 0.357. The summed E-state index contributed by atoms with van der Waals surface area (Å²) in [7, 11) is -1.28. The number of pyridine rings is 1. The summed E-state index contributed by atoms with van der Waals surface area (Å²) in [6.45, 7) is 0. The molecule has 0 fully saturated rings. The van der Waals surface area contributed by atoms with Crippen LogP contribution in [0.25, 0.3) is 0 Å². The summed E-state index contributed by atoms with van der Waals surface area (Å²) in [5.41, 5.74) is 6.26. The molecule has 5 N–H and O–H groups in total. The minimum atomic E-state index is -1.28. The molecule has 0 radical (unpaired) electrons. The number of rotatable bonds is 5. The third-order valence-corrected chi connectivity index (χ3v) is 3.33. The maximum Gasteiger partial charge on any atom is 0.478 e. The molecule has 1 aliphatic heterocycles. The van der Waals surface area contributed by atoms with Crippen molar-refractivity contribution in [3.05, 3.63) is 36.0 Å². The molecular weight excluding hydrogens is 301 g/mol. The number of aliphatic carboxylic acids is 1. The molecule has 2 rings (SSSR count). The molecule has 2 atom stereocenters. The van der Waals surface area contributed by atoms with Crippen LogP contribution >= 0.6 is 0 Å². The third-order valence-electron chi connectivity index (χ3n) is 3.33. The lowest BCUT2D eigenvalue weighted by Gasteiger charge is -2.20. The Kier molecular flexibility index (Phi) is 5.72. The summed E-state index contributed by atoms with van der Waals surface area (Å²) in [5, 5.41) is 21.4. The highest BCUT2D eigenvalue weighted by atomic mass is 16.5. The number of carboxylic acid groups (broad SMARTS) is 1. The van der Waals surface area contributed by atoms with Gasteiger partial charge in [0.05, 0.1) is 24.9 Å². The van der Waals surface area contributed by atoms with Crippen LogP contribution < -0.4 is 11.1 Å². The SMILES string of the molecule is Nc1cc(CC(=O)N[C@H]2CC=C[C@H](CC(=O)O)OB2O)ccn1. The molecule has 0 aromatic carbocycles. The van der Waals surface area contributed by atoms with Gasteiger partial charge in [-0.05, 0) is 24.1 Å². The highest BCUT2D eigenvalue weighted by Crippen LogP contribution is 2.13. The molecule has 1 amide bonds. The Hall–Kier alpha value is -2.39. The van der Waals surface area contributed by atoms with Gasteiger partial charge in [-0.3, -0.25) is 9.59 Å². The molecule has 2 heterocycles. The first-order chi connectivity index (χ1) is 10.9. The Labute approximate surface area is 133 Å². The van der Waals surface area contributed by atoms with E-state index in [1.807, 2.05) is 0 Å². The first-order valence-electron chi connectivity index (χ1n) is 7.16. The molecule has 0 spiro atoms. The fourth-order valence-corrected chi connectivity index (χ4v) is 2.28. The van der Waals surface area contributed by atoms with Gasteiger partial charge in [-0.1, -0.05) is 12.2 Å². The van der Waals surface area contributed by atoms with Crippen LogP contribution in [-0.2, 0) is 20.7 Å². The van der Waals surface area contributed by atoms with E-state index in [2.05, 4.69) is 10.3 Å². The molecule has 122 valence electrons. The first-order valence-corrected chi connectivity index (χ1v) is 7.16. The van der Waals surface area contributed by atoms with Gasteiger partial charge in [0.25, 0.3) is 0 Å². The van der Waals surface area contributed by atoms with Crippen LogP contribution in [0.15, 0.2) is 30.5 Å². The van der Waals surface area contributed by atoms with Crippen molar-refractivity contribution in [2.24, 2.45) is 0 Å². The molecule has 1 aromatic heterocycles. The lowest BCUT2D eigenvalue weighted by atomic mass is 9.77. The predicted molar refractivity (Wildman–Crippen MR) is 83.1 cm³/mol. The monoisotopic (exact) mass is 319 g/mol. The fourth-order valence-electron chi connectivity index (χ4n) is 2.28. The lowest BCUT2D eigenvalue weighted by Crippen LogP contribution is -2.48. The van der Waals surface area contributed by atoms with Gasteiger partial charge in [0.15, 0.2) is 0 Å². The molecule has 9 heteroatoms. The van der Waals surface area contributed by atoms with Crippen LogP contribution in [0, 0.1) is 0 Å². The number of amides is 1. The lowest BCUT2D eigenvalue weighted by molar-refractivity contribution is -0.138. The number of nitrogens with one attached hydrogen (secondary N) is 1. The van der Waals surface area contributed by atoms with Gasteiger partial charge in [0, 0.05) is 6.20 Å². The predicted octanol–water partition coefficient (Wildman–Crippen LogP) is -0.469. The summed E-state index contributed by atoms with van der Waals surface area (Å²) in [6.07, 6.45) is 4.27. The van der Waals surface area contributed by atoms with Crippen LogP contribution in [0.4, 0.5) is 5.82 Å². The molecule has 1 aromatic rings. The summed E-state index contributed by atoms with van der Waals surface area (Å²) in [5.74, 6) is -1.64. The number of hydrogen-bond acceptors (Lipinski definition) is 6. The Morgan fingerprint density at radius 1 is 1.52 bits per heavy atom. The number of anilines is 1. The number of carboxylic acids is 1. The van der Waals surface area contributed by atoms with Crippen LogP contribution in [0.3, 0.4) is 0 Å². The zero-order valence-electron chi connectivity index (χ0n) is 12.4. The highest BCUT2D eigenvalue weighted by Gasteiger charge is 2.32. The molecule has 23 heavy (non-hydrogen) atoms. The van der Waals surface area contributed by atoms with E-state index < -0.39 is 25.1 Å². The molecule has 8 nitrogen and oxygen atoms in total. The van der Waals surface area contributed by atoms with Gasteiger partial charge in [-0.25, -0.2) is 4.98 Å². The third kappa shape index (κ3) is 5.39. The normalized spacial score (nSPS) is 20.8. The maximum absolute atomic E-state index is 12.1. The van der Waals surface area contributed by atoms with Crippen LogP contribution in [0.5, 0.6) is 0 Å². The van der Waals surface area contributed by atoms with Gasteiger partial charge < -0.3 is 25.8 Å². The van der Waals surface area contributed by atoms with Gasteiger partial charge in [-0.2, -0.15) is 0 Å². The largest absolute Gasteiger partial charge is 0.481 e. The van der Waals surface area contributed by atoms with Crippen LogP contribution in [0.1, 0.15) is 18.4 Å². The van der Waals surface area contributed by atoms with Crippen molar-refractivity contribution in [3.8, 4) is 0 Å². The van der Waals surface area contributed by atoms with Gasteiger partial charge in [0.2, 0.25) is 5.91 Å². The second-order valence-corrected chi connectivity index (χ2v) is 5.27.